The summed E-state index contributed by atoms with van der Waals surface area (Å²) >= 11 is 1.18. The standard InChI is InChI=1S/C19H21N5O3S2/c25-15(9-13-1-2-16(28-13)29(26)27)23-7-8-24(11-19(10-23)4-5-19)18-14-3-6-20-17(14)21-12-22-18/h1-3,6,12,29H,4-5,7-11H2,(H,20,21,22). The minimum atomic E-state index is -2.59. The molecular formula is C19H21N5O3S2. The number of thiophene rings is 1. The Kier molecular flexibility index (Phi) is 4.54. The Morgan fingerprint density at radius 1 is 1.17 bits per heavy atom. The second-order valence-corrected chi connectivity index (χ2v) is 10.3. The van der Waals surface area contributed by atoms with Gasteiger partial charge in [-0.2, -0.15) is 0 Å². The van der Waals surface area contributed by atoms with Crippen molar-refractivity contribution in [3.8, 4) is 0 Å². The van der Waals surface area contributed by atoms with Crippen molar-refractivity contribution in [2.24, 2.45) is 5.41 Å². The fourth-order valence-electron chi connectivity index (χ4n) is 4.08. The number of anilines is 1. The summed E-state index contributed by atoms with van der Waals surface area (Å²) in [5.74, 6) is 0.973. The molecule has 0 aromatic carbocycles. The number of hydrogen-bond acceptors (Lipinski definition) is 7. The lowest BCUT2D eigenvalue weighted by molar-refractivity contribution is -0.130. The van der Waals surface area contributed by atoms with Gasteiger partial charge >= 0.3 is 0 Å². The first kappa shape index (κ1) is 18.6. The molecule has 1 aliphatic heterocycles. The van der Waals surface area contributed by atoms with Crippen LogP contribution in [0.25, 0.3) is 11.0 Å². The molecule has 1 aliphatic carbocycles. The molecule has 1 saturated carbocycles. The first-order valence-electron chi connectivity index (χ1n) is 9.57. The van der Waals surface area contributed by atoms with Crippen LogP contribution >= 0.6 is 11.3 Å². The van der Waals surface area contributed by atoms with Crippen LogP contribution in [0.5, 0.6) is 0 Å². The fraction of sp³-hybridized carbons (Fsp3) is 0.421. The van der Waals surface area contributed by atoms with Crippen molar-refractivity contribution < 1.29 is 13.2 Å². The van der Waals surface area contributed by atoms with Crippen LogP contribution < -0.4 is 4.90 Å². The number of nitrogens with one attached hydrogen (secondary N) is 1. The molecule has 8 nitrogen and oxygen atoms in total. The largest absolute Gasteiger partial charge is 0.354 e. The lowest BCUT2D eigenvalue weighted by Crippen LogP contribution is -2.37. The van der Waals surface area contributed by atoms with Gasteiger partial charge < -0.3 is 14.8 Å². The number of aromatic amines is 1. The van der Waals surface area contributed by atoms with Crippen LogP contribution in [0.3, 0.4) is 0 Å². The van der Waals surface area contributed by atoms with Gasteiger partial charge in [0.15, 0.2) is 10.7 Å². The van der Waals surface area contributed by atoms with Gasteiger partial charge in [0.05, 0.1) is 11.8 Å². The molecule has 1 N–H and O–H groups in total. The van der Waals surface area contributed by atoms with Crippen LogP contribution in [0.2, 0.25) is 0 Å². The number of carbonyl (C=O) groups excluding carboxylic acids is 1. The van der Waals surface area contributed by atoms with Crippen molar-refractivity contribution in [1.29, 1.82) is 0 Å². The first-order valence-corrected chi connectivity index (χ1v) is 11.6. The van der Waals surface area contributed by atoms with Gasteiger partial charge in [0, 0.05) is 42.7 Å². The van der Waals surface area contributed by atoms with Crippen LogP contribution in [-0.4, -0.2) is 60.4 Å². The zero-order valence-corrected chi connectivity index (χ0v) is 17.4. The average molecular weight is 432 g/mol. The van der Waals surface area contributed by atoms with Gasteiger partial charge in [-0.25, -0.2) is 18.4 Å². The van der Waals surface area contributed by atoms with Crippen LogP contribution in [0.4, 0.5) is 5.82 Å². The van der Waals surface area contributed by atoms with Gasteiger partial charge in [0.1, 0.15) is 22.0 Å². The van der Waals surface area contributed by atoms with Gasteiger partial charge in [0.25, 0.3) is 0 Å². The molecule has 29 heavy (non-hydrogen) atoms. The summed E-state index contributed by atoms with van der Waals surface area (Å²) in [6.07, 6.45) is 5.91. The predicted molar refractivity (Wildman–Crippen MR) is 111 cm³/mol. The van der Waals surface area contributed by atoms with Crippen LogP contribution in [0.1, 0.15) is 17.7 Å². The lowest BCUT2D eigenvalue weighted by Gasteiger charge is -2.25. The molecule has 2 aliphatic rings. The van der Waals surface area contributed by atoms with Crippen molar-refractivity contribution >= 4 is 44.8 Å². The third-order valence-electron chi connectivity index (χ3n) is 5.79. The highest BCUT2D eigenvalue weighted by Gasteiger charge is 2.47. The molecule has 2 fully saturated rings. The van der Waals surface area contributed by atoms with Crippen LogP contribution in [0, 0.1) is 5.41 Å². The normalized spacial score (nSPS) is 18.5. The molecule has 10 heteroatoms. The van der Waals surface area contributed by atoms with Crippen LogP contribution in [0.15, 0.2) is 34.9 Å². The van der Waals surface area contributed by atoms with Crippen molar-refractivity contribution in [2.75, 3.05) is 31.1 Å². The van der Waals surface area contributed by atoms with Crippen molar-refractivity contribution in [3.63, 3.8) is 0 Å². The second-order valence-electron chi connectivity index (χ2n) is 7.85. The summed E-state index contributed by atoms with van der Waals surface area (Å²) in [6, 6.07) is 5.31. The molecule has 1 saturated heterocycles. The Balaban J connectivity index is 1.35. The van der Waals surface area contributed by atoms with E-state index in [1.165, 1.54) is 11.3 Å². The Hall–Kier alpha value is -2.46. The third kappa shape index (κ3) is 3.62. The van der Waals surface area contributed by atoms with E-state index in [1.807, 2.05) is 17.2 Å². The van der Waals surface area contributed by atoms with E-state index in [2.05, 4.69) is 19.9 Å². The molecule has 1 spiro atoms. The zero-order chi connectivity index (χ0) is 20.0. The second kappa shape index (κ2) is 7.10. The summed E-state index contributed by atoms with van der Waals surface area (Å²) in [5.41, 5.74) is 0.945. The number of aromatic nitrogens is 3. The molecule has 4 heterocycles. The molecule has 3 aromatic heterocycles. The number of H-pyrrole nitrogens is 1. The van der Waals surface area contributed by atoms with E-state index in [9.17, 15) is 13.2 Å². The average Bonchev–Trinajstić information content (AvgIpc) is 3.11. The monoisotopic (exact) mass is 431 g/mol. The van der Waals surface area contributed by atoms with Crippen LogP contribution in [-0.2, 0) is 21.9 Å². The summed E-state index contributed by atoms with van der Waals surface area (Å²) in [5, 5.41) is 1.00. The molecule has 3 aromatic rings. The molecule has 0 radical (unpaired) electrons. The van der Waals surface area contributed by atoms with E-state index < -0.39 is 10.7 Å². The molecule has 5 rings (SSSR count). The van der Waals surface area contributed by atoms with E-state index in [0.717, 1.165) is 47.7 Å². The maximum absolute atomic E-state index is 13.0. The molecule has 0 atom stereocenters. The van der Waals surface area contributed by atoms with Gasteiger partial charge in [0.2, 0.25) is 5.91 Å². The zero-order valence-electron chi connectivity index (χ0n) is 15.7. The van der Waals surface area contributed by atoms with Gasteiger partial charge in [-0.1, -0.05) is 0 Å². The maximum atomic E-state index is 13.0. The van der Waals surface area contributed by atoms with Crippen molar-refractivity contribution in [2.45, 2.75) is 23.5 Å². The number of thiol groups is 1. The number of rotatable bonds is 4. The SMILES string of the molecule is O=C(Cc1ccc([SH](=O)=O)s1)N1CCN(c2ncnc3[nH]ccc23)CC2(CC2)C1. The number of hydrogen-bond donors (Lipinski definition) is 2. The van der Waals surface area contributed by atoms with E-state index in [0.29, 0.717) is 17.3 Å². The highest BCUT2D eigenvalue weighted by molar-refractivity contribution is 7.75. The predicted octanol–water partition coefficient (Wildman–Crippen LogP) is 1.66. The maximum Gasteiger partial charge on any atom is 0.227 e. The number of nitrogens with zero attached hydrogens (tertiary/aromatic N) is 4. The minimum Gasteiger partial charge on any atom is -0.354 e. The van der Waals surface area contributed by atoms with E-state index in [4.69, 9.17) is 0 Å². The van der Waals surface area contributed by atoms with Gasteiger partial charge in [-0.15, -0.1) is 11.3 Å². The highest BCUT2D eigenvalue weighted by atomic mass is 32.2. The smallest absolute Gasteiger partial charge is 0.227 e. The Labute approximate surface area is 173 Å². The molecular weight excluding hydrogens is 410 g/mol. The Morgan fingerprint density at radius 3 is 2.79 bits per heavy atom. The topological polar surface area (TPSA) is 99.3 Å². The fourth-order valence-corrected chi connectivity index (χ4v) is 5.66. The Bertz CT molecular complexity index is 1140. The molecule has 0 unspecified atom stereocenters. The summed E-state index contributed by atoms with van der Waals surface area (Å²) in [7, 11) is -2.59. The minimum absolute atomic E-state index is 0.0575. The lowest BCUT2D eigenvalue weighted by atomic mass is 10.1. The summed E-state index contributed by atoms with van der Waals surface area (Å²) in [4.78, 5) is 29.9. The summed E-state index contributed by atoms with van der Waals surface area (Å²) in [6.45, 7) is 2.98. The molecule has 152 valence electrons. The number of carbonyl (C=O) groups is 1. The quantitative estimate of drug-likeness (QED) is 0.610. The van der Waals surface area contributed by atoms with E-state index in [-0.39, 0.29) is 17.7 Å². The van der Waals surface area contributed by atoms with E-state index >= 15 is 0 Å². The number of amides is 1. The van der Waals surface area contributed by atoms with Gasteiger partial charge in [-0.05, 0) is 31.0 Å². The Morgan fingerprint density at radius 2 is 2.03 bits per heavy atom. The third-order valence-corrected chi connectivity index (χ3v) is 7.91. The highest BCUT2D eigenvalue weighted by Crippen LogP contribution is 2.48. The van der Waals surface area contributed by atoms with Crippen molar-refractivity contribution in [3.05, 3.63) is 35.6 Å². The first-order chi connectivity index (χ1) is 14.0. The van der Waals surface area contributed by atoms with Crippen molar-refractivity contribution in [1.82, 2.24) is 19.9 Å². The van der Waals surface area contributed by atoms with E-state index in [1.54, 1.807) is 18.5 Å². The molecule has 0 bridgehead atoms. The summed E-state index contributed by atoms with van der Waals surface area (Å²) < 4.78 is 22.5. The number of fused-ring (bicyclic) bond motifs is 1. The molecule has 1 amide bonds. The van der Waals surface area contributed by atoms with Gasteiger partial charge in [-0.3, -0.25) is 4.79 Å².